The van der Waals surface area contributed by atoms with Crippen LogP contribution in [-0.2, 0) is 14.8 Å². The molecular weight excluding hydrogens is 330 g/mol. The summed E-state index contributed by atoms with van der Waals surface area (Å²) in [5.41, 5.74) is 11.0. The molecule has 0 saturated carbocycles. The molecule has 0 aliphatic heterocycles. The SMILES string of the molecule is CC1=C(C)[CH]([Ti]([CH3])([CH3])([SiH3])[NH]C(C)(C)C)c2c(C)c(C)cc(C)c21. The van der Waals surface area contributed by atoms with E-state index in [1.54, 1.807) is 16.7 Å². The molecule has 0 spiro atoms. The molecule has 1 unspecified atom stereocenters. The van der Waals surface area contributed by atoms with Gasteiger partial charge in [0.05, 0.1) is 0 Å². The van der Waals surface area contributed by atoms with Crippen molar-refractivity contribution in [1.82, 2.24) is 3.80 Å². The van der Waals surface area contributed by atoms with Crippen molar-refractivity contribution in [3.63, 3.8) is 0 Å². The number of nitrogens with one attached hydrogen (secondary N) is 1. The predicted octanol–water partition coefficient (Wildman–Crippen LogP) is 4.83. The van der Waals surface area contributed by atoms with Gasteiger partial charge in [-0.3, -0.25) is 0 Å². The van der Waals surface area contributed by atoms with Crippen molar-refractivity contribution in [2.75, 3.05) is 0 Å². The predicted molar refractivity (Wildman–Crippen MR) is 106 cm³/mol. The van der Waals surface area contributed by atoms with Gasteiger partial charge in [0.2, 0.25) is 0 Å². The van der Waals surface area contributed by atoms with Gasteiger partial charge in [0.15, 0.2) is 0 Å². The van der Waals surface area contributed by atoms with Crippen LogP contribution in [0.2, 0.25) is 10.5 Å². The first-order valence-corrected chi connectivity index (χ1v) is 19.4. The van der Waals surface area contributed by atoms with Crippen LogP contribution in [0.3, 0.4) is 0 Å². The molecule has 0 fully saturated rings. The molecule has 1 aromatic carbocycles. The van der Waals surface area contributed by atoms with E-state index in [0.717, 1.165) is 0 Å². The second-order valence-electron chi connectivity index (χ2n) is 10.3. The van der Waals surface area contributed by atoms with Gasteiger partial charge in [0.1, 0.15) is 0 Å². The van der Waals surface area contributed by atoms with Crippen molar-refractivity contribution in [2.45, 2.75) is 75.6 Å². The second kappa shape index (κ2) is 5.42. The molecule has 1 nitrogen and oxygen atoms in total. The summed E-state index contributed by atoms with van der Waals surface area (Å²) in [7, 11) is 1.27. The summed E-state index contributed by atoms with van der Waals surface area (Å²) in [5.74, 6) is 0. The molecule has 1 aliphatic carbocycles. The van der Waals surface area contributed by atoms with Gasteiger partial charge in [-0.1, -0.05) is 0 Å². The Bertz CT molecular complexity index is 699. The van der Waals surface area contributed by atoms with Gasteiger partial charge in [-0.15, -0.1) is 0 Å². The minimum atomic E-state index is -2.80. The molecule has 0 bridgehead atoms. The average molecular weight is 366 g/mol. The monoisotopic (exact) mass is 366 g/mol. The molecule has 1 aliphatic rings. The normalized spacial score (nSPS) is 20.6. The third-order valence-electron chi connectivity index (χ3n) is 5.61. The van der Waals surface area contributed by atoms with E-state index in [1.165, 1.54) is 30.4 Å². The fourth-order valence-corrected chi connectivity index (χ4v) is 20.6. The zero-order valence-electron chi connectivity index (χ0n) is 17.2. The summed E-state index contributed by atoms with van der Waals surface area (Å²) in [4.78, 5) is 0. The van der Waals surface area contributed by atoms with Crippen molar-refractivity contribution in [3.05, 3.63) is 39.5 Å². The number of aryl methyl sites for hydroxylation is 2. The zero-order chi connectivity index (χ0) is 18.0. The first-order valence-electron chi connectivity index (χ1n) is 8.94. The topological polar surface area (TPSA) is 12.0 Å². The van der Waals surface area contributed by atoms with E-state index in [1.807, 2.05) is 0 Å². The fourth-order valence-electron chi connectivity index (χ4n) is 5.28. The molecule has 0 radical (unpaired) electrons. The molecule has 0 saturated heterocycles. The Morgan fingerprint density at radius 3 is 2.00 bits per heavy atom. The van der Waals surface area contributed by atoms with Crippen LogP contribution in [0, 0.1) is 20.8 Å². The van der Waals surface area contributed by atoms with Crippen LogP contribution < -0.4 is 3.80 Å². The third-order valence-corrected chi connectivity index (χ3v) is 15.9. The quantitative estimate of drug-likeness (QED) is 0.740. The van der Waals surface area contributed by atoms with E-state index >= 15 is 0 Å². The maximum atomic E-state index is 4.19. The number of benzene rings is 1. The third kappa shape index (κ3) is 3.33. The van der Waals surface area contributed by atoms with Crippen LogP contribution in [0.25, 0.3) is 5.57 Å². The van der Waals surface area contributed by atoms with Crippen LogP contribution in [0.4, 0.5) is 0 Å². The molecule has 1 N–H and O–H groups in total. The summed E-state index contributed by atoms with van der Waals surface area (Å²) in [6.45, 7) is 18.6. The molecule has 0 aromatic heterocycles. The van der Waals surface area contributed by atoms with Crippen LogP contribution in [0.1, 0.15) is 66.7 Å². The number of fused-ring (bicyclic) bond motifs is 1. The van der Waals surface area contributed by atoms with E-state index < -0.39 is 14.8 Å². The molecule has 23 heavy (non-hydrogen) atoms. The van der Waals surface area contributed by atoms with Crippen LogP contribution in [0.15, 0.2) is 11.6 Å². The average Bonchev–Trinajstić information content (AvgIpc) is 2.57. The Morgan fingerprint density at radius 2 is 1.52 bits per heavy atom. The van der Waals surface area contributed by atoms with E-state index in [4.69, 9.17) is 0 Å². The fraction of sp³-hybridized carbons (Fsp3) is 0.600. The van der Waals surface area contributed by atoms with Gasteiger partial charge in [-0.25, -0.2) is 0 Å². The Kier molecular flexibility index (Phi) is 4.52. The minimum absolute atomic E-state index is 0.187. The Balaban J connectivity index is 2.78. The van der Waals surface area contributed by atoms with Crippen molar-refractivity contribution >= 4 is 13.7 Å². The molecule has 0 heterocycles. The number of hydrogen-bond acceptors (Lipinski definition) is 1. The van der Waals surface area contributed by atoms with Crippen LogP contribution >= 0.6 is 0 Å². The first-order chi connectivity index (χ1) is 10.1. The molecule has 1 atom stereocenters. The van der Waals surface area contributed by atoms with Gasteiger partial charge in [0.25, 0.3) is 0 Å². The molecule has 1 aromatic rings. The van der Waals surface area contributed by atoms with Crippen molar-refractivity contribution < 1.29 is 14.8 Å². The second-order valence-corrected chi connectivity index (χ2v) is 34.5. The number of allylic oxidation sites excluding steroid dienone is 2. The van der Waals surface area contributed by atoms with E-state index in [9.17, 15) is 0 Å². The summed E-state index contributed by atoms with van der Waals surface area (Å²) in [6.07, 6.45) is 0. The molecule has 129 valence electrons. The summed E-state index contributed by atoms with van der Waals surface area (Å²) < 4.78 is 4.84. The summed E-state index contributed by atoms with van der Waals surface area (Å²) in [6, 6.07) is 2.38. The number of rotatable bonds is 2. The van der Waals surface area contributed by atoms with E-state index in [2.05, 4.69) is 75.7 Å². The van der Waals surface area contributed by atoms with Crippen molar-refractivity contribution in [1.29, 1.82) is 0 Å². The van der Waals surface area contributed by atoms with Crippen LogP contribution in [0.5, 0.6) is 0 Å². The Hall–Kier alpha value is -0.149. The zero-order valence-corrected chi connectivity index (χ0v) is 20.7. The van der Waals surface area contributed by atoms with Crippen molar-refractivity contribution in [2.24, 2.45) is 0 Å². The van der Waals surface area contributed by atoms with Gasteiger partial charge >= 0.3 is 147 Å². The summed E-state index contributed by atoms with van der Waals surface area (Å²) in [5, 5.41) is 5.25. The van der Waals surface area contributed by atoms with Gasteiger partial charge in [0, 0.05) is 0 Å². The first kappa shape index (κ1) is 19.2. The Labute approximate surface area is 147 Å². The molecule has 2 rings (SSSR count). The van der Waals surface area contributed by atoms with Crippen molar-refractivity contribution in [3.8, 4) is 0 Å². The molecule has 3 heteroatoms. The Morgan fingerprint density at radius 1 is 1.00 bits per heavy atom. The molecular formula is C20H36NSiTi. The van der Waals surface area contributed by atoms with E-state index in [0.29, 0.717) is 4.22 Å². The van der Waals surface area contributed by atoms with E-state index in [-0.39, 0.29) is 5.54 Å². The maximum absolute atomic E-state index is 4.19. The van der Waals surface area contributed by atoms with Gasteiger partial charge in [-0.05, 0) is 0 Å². The van der Waals surface area contributed by atoms with Gasteiger partial charge < -0.3 is 0 Å². The van der Waals surface area contributed by atoms with Gasteiger partial charge in [-0.2, -0.15) is 0 Å². The number of hydrogen-bond donors (Lipinski definition) is 1. The summed E-state index contributed by atoms with van der Waals surface area (Å²) >= 11 is -2.80. The molecule has 0 amide bonds. The van der Waals surface area contributed by atoms with Crippen LogP contribution in [-0.4, -0.2) is 13.6 Å². The standard InChI is InChI=1S/C14H17.C4H10N.2CH3.H3Si.Ti/c1-8-6-10(3)14-12(5)9(2)7-13(14)11(8)4;1-4(2,3)5;;;;/h6-7H,1-5H3;5H,1-3H3;3*1H3;/q;-1;;;;+1.